The van der Waals surface area contributed by atoms with E-state index in [2.05, 4.69) is 46.1 Å². The van der Waals surface area contributed by atoms with Crippen molar-refractivity contribution in [1.82, 2.24) is 19.5 Å². The van der Waals surface area contributed by atoms with Crippen LogP contribution in [0.25, 0.3) is 16.9 Å². The van der Waals surface area contributed by atoms with E-state index in [-0.39, 0.29) is 11.6 Å². The van der Waals surface area contributed by atoms with Crippen LogP contribution in [0.2, 0.25) is 10.0 Å². The van der Waals surface area contributed by atoms with Gasteiger partial charge in [0.15, 0.2) is 5.65 Å². The quantitative estimate of drug-likeness (QED) is 0.325. The highest BCUT2D eigenvalue weighted by Crippen LogP contribution is 2.29. The van der Waals surface area contributed by atoms with Crippen LogP contribution in [-0.2, 0) is 6.61 Å². The smallest absolute Gasteiger partial charge is 0.218 e. The summed E-state index contributed by atoms with van der Waals surface area (Å²) in [6.45, 7) is 7.58. The van der Waals surface area contributed by atoms with E-state index >= 15 is 0 Å². The molecule has 1 aliphatic rings. The van der Waals surface area contributed by atoms with Crippen LogP contribution in [0.3, 0.4) is 0 Å². The summed E-state index contributed by atoms with van der Waals surface area (Å²) in [5, 5.41) is 4.62. The number of likely N-dealkylation sites (N-methyl/N-ethyl adjacent to an activating group) is 1. The number of fused-ring (bicyclic) bond motifs is 1. The average molecular weight is 500 g/mol. The Bertz CT molecular complexity index is 1300. The predicted octanol–water partition coefficient (Wildman–Crippen LogP) is 5.56. The monoisotopic (exact) mass is 499 g/mol. The Morgan fingerprint density at radius 2 is 1.74 bits per heavy atom. The molecule has 0 atom stereocenters. The molecule has 5 rings (SSSR count). The second-order valence-electron chi connectivity index (χ2n) is 8.20. The molecule has 2 aromatic carbocycles. The minimum Gasteiger partial charge on any atom is -0.473 e. The highest BCUT2D eigenvalue weighted by molar-refractivity contribution is 6.35. The predicted molar refractivity (Wildman–Crippen MR) is 134 cm³/mol. The lowest BCUT2D eigenvalue weighted by Crippen LogP contribution is -2.46. The maximum atomic E-state index is 13.9. The normalized spacial score (nSPS) is 14.6. The molecular formula is C25H24Cl2FN5O. The Morgan fingerprint density at radius 3 is 2.47 bits per heavy atom. The van der Waals surface area contributed by atoms with E-state index in [0.717, 1.165) is 44.0 Å². The zero-order valence-corrected chi connectivity index (χ0v) is 20.2. The third-order valence-corrected chi connectivity index (χ3v) is 6.78. The first kappa shape index (κ1) is 22.9. The van der Waals surface area contributed by atoms with Crippen LogP contribution in [0.15, 0.2) is 54.7 Å². The number of benzene rings is 2. The lowest BCUT2D eigenvalue weighted by molar-refractivity contribution is 0.271. The standard InChI is InChI=1S/C25H24Cl2FN5O/c1-2-31-9-11-32(12-10-31)19-5-3-17(4-6-19)23-15-25(33-24(30-23)7-8-29-33)34-16-18-13-22(28)21(27)14-20(18)26/h3-8,13-15H,2,9-12,16H2,1H3. The van der Waals surface area contributed by atoms with Crippen LogP contribution in [0.5, 0.6) is 5.88 Å². The van der Waals surface area contributed by atoms with Gasteiger partial charge in [-0.3, -0.25) is 0 Å². The first-order chi connectivity index (χ1) is 16.5. The number of piperazine rings is 1. The van der Waals surface area contributed by atoms with Crippen molar-refractivity contribution in [3.63, 3.8) is 0 Å². The lowest BCUT2D eigenvalue weighted by Gasteiger charge is -2.35. The molecule has 6 nitrogen and oxygen atoms in total. The third kappa shape index (κ3) is 4.69. The van der Waals surface area contributed by atoms with Gasteiger partial charge in [-0.1, -0.05) is 42.3 Å². The topological polar surface area (TPSA) is 45.9 Å². The maximum absolute atomic E-state index is 13.9. The molecule has 1 fully saturated rings. The van der Waals surface area contributed by atoms with Crippen LogP contribution < -0.4 is 9.64 Å². The number of ether oxygens (including phenoxy) is 1. The van der Waals surface area contributed by atoms with Gasteiger partial charge in [-0.2, -0.15) is 9.61 Å². The van der Waals surface area contributed by atoms with Gasteiger partial charge in [0, 0.05) is 60.1 Å². The molecule has 0 saturated carbocycles. The number of anilines is 1. The minimum atomic E-state index is -0.541. The molecule has 176 valence electrons. The van der Waals surface area contributed by atoms with Crippen LogP contribution in [0, 0.1) is 5.82 Å². The van der Waals surface area contributed by atoms with Crippen molar-refractivity contribution in [2.45, 2.75) is 13.5 Å². The molecule has 0 amide bonds. The molecule has 9 heteroatoms. The van der Waals surface area contributed by atoms with Gasteiger partial charge in [0.2, 0.25) is 5.88 Å². The zero-order valence-electron chi connectivity index (χ0n) is 18.7. The minimum absolute atomic E-state index is 0.0231. The molecule has 3 heterocycles. The Balaban J connectivity index is 1.38. The number of hydrogen-bond donors (Lipinski definition) is 0. The van der Waals surface area contributed by atoms with Gasteiger partial charge in [-0.05, 0) is 30.8 Å². The van der Waals surface area contributed by atoms with Crippen molar-refractivity contribution in [2.75, 3.05) is 37.6 Å². The second kappa shape index (κ2) is 9.78. The van der Waals surface area contributed by atoms with Crippen LogP contribution in [-0.4, -0.2) is 52.2 Å². The van der Waals surface area contributed by atoms with E-state index in [9.17, 15) is 4.39 Å². The average Bonchev–Trinajstić information content (AvgIpc) is 3.34. The number of aromatic nitrogens is 3. The fourth-order valence-corrected chi connectivity index (χ4v) is 4.56. The molecule has 2 aromatic heterocycles. The summed E-state index contributed by atoms with van der Waals surface area (Å²) in [6, 6.07) is 14.7. The molecular weight excluding hydrogens is 476 g/mol. The van der Waals surface area contributed by atoms with E-state index in [4.69, 9.17) is 32.9 Å². The molecule has 0 unspecified atom stereocenters. The first-order valence-corrected chi connectivity index (χ1v) is 12.0. The fraction of sp³-hybridized carbons (Fsp3) is 0.280. The number of hydrogen-bond acceptors (Lipinski definition) is 5. The van der Waals surface area contributed by atoms with E-state index in [1.165, 1.54) is 17.8 Å². The Labute approximate surface area is 207 Å². The Morgan fingerprint density at radius 1 is 0.971 bits per heavy atom. The van der Waals surface area contributed by atoms with Gasteiger partial charge in [-0.25, -0.2) is 9.37 Å². The summed E-state index contributed by atoms with van der Waals surface area (Å²) < 4.78 is 21.5. The SMILES string of the molecule is CCN1CCN(c2ccc(-c3cc(OCc4cc(F)c(Cl)cc4Cl)n4nccc4n3)cc2)CC1. The number of rotatable bonds is 6. The molecule has 34 heavy (non-hydrogen) atoms. The van der Waals surface area contributed by atoms with Crippen molar-refractivity contribution >= 4 is 34.5 Å². The highest BCUT2D eigenvalue weighted by Gasteiger charge is 2.17. The Hall–Kier alpha value is -2.87. The van der Waals surface area contributed by atoms with Crippen molar-refractivity contribution in [3.8, 4) is 17.1 Å². The zero-order chi connectivity index (χ0) is 23.7. The fourth-order valence-electron chi connectivity index (χ4n) is 4.13. The van der Waals surface area contributed by atoms with Crippen molar-refractivity contribution in [2.24, 2.45) is 0 Å². The van der Waals surface area contributed by atoms with Crippen LogP contribution in [0.4, 0.5) is 10.1 Å². The van der Waals surface area contributed by atoms with Gasteiger partial charge >= 0.3 is 0 Å². The number of halogens is 3. The van der Waals surface area contributed by atoms with E-state index in [1.54, 1.807) is 10.7 Å². The summed E-state index contributed by atoms with van der Waals surface area (Å²) in [6.07, 6.45) is 1.66. The van der Waals surface area contributed by atoms with Crippen LogP contribution >= 0.6 is 23.2 Å². The maximum Gasteiger partial charge on any atom is 0.218 e. The summed E-state index contributed by atoms with van der Waals surface area (Å²) in [5.74, 6) is -0.0586. The van der Waals surface area contributed by atoms with Crippen molar-refractivity contribution in [3.05, 3.63) is 76.2 Å². The molecule has 4 aromatic rings. The largest absolute Gasteiger partial charge is 0.473 e. The van der Waals surface area contributed by atoms with Crippen molar-refractivity contribution in [1.29, 1.82) is 0 Å². The van der Waals surface area contributed by atoms with Gasteiger partial charge in [0.25, 0.3) is 0 Å². The summed E-state index contributed by atoms with van der Waals surface area (Å²) in [5.41, 5.74) is 4.09. The van der Waals surface area contributed by atoms with Gasteiger partial charge in [0.1, 0.15) is 12.4 Å². The summed E-state index contributed by atoms with van der Waals surface area (Å²) in [7, 11) is 0. The molecule has 0 N–H and O–H groups in total. The molecule has 0 aliphatic carbocycles. The number of nitrogens with zero attached hydrogens (tertiary/aromatic N) is 5. The molecule has 0 bridgehead atoms. The molecule has 1 aliphatic heterocycles. The lowest BCUT2D eigenvalue weighted by atomic mass is 10.1. The van der Waals surface area contributed by atoms with Gasteiger partial charge < -0.3 is 14.5 Å². The molecule has 0 radical (unpaired) electrons. The van der Waals surface area contributed by atoms with Crippen LogP contribution in [0.1, 0.15) is 12.5 Å². The summed E-state index contributed by atoms with van der Waals surface area (Å²) >= 11 is 12.0. The van der Waals surface area contributed by atoms with Crippen molar-refractivity contribution < 1.29 is 9.13 Å². The summed E-state index contributed by atoms with van der Waals surface area (Å²) in [4.78, 5) is 9.60. The van der Waals surface area contributed by atoms with E-state index in [0.29, 0.717) is 22.1 Å². The Kier molecular flexibility index (Phi) is 6.59. The van der Waals surface area contributed by atoms with E-state index in [1.807, 2.05) is 12.1 Å². The third-order valence-electron chi connectivity index (χ3n) is 6.14. The molecule has 1 saturated heterocycles. The van der Waals surface area contributed by atoms with E-state index < -0.39 is 5.82 Å². The first-order valence-electron chi connectivity index (χ1n) is 11.2. The highest BCUT2D eigenvalue weighted by atomic mass is 35.5. The van der Waals surface area contributed by atoms with Gasteiger partial charge in [-0.15, -0.1) is 0 Å². The molecule has 0 spiro atoms. The second-order valence-corrected chi connectivity index (χ2v) is 9.01. The van der Waals surface area contributed by atoms with Gasteiger partial charge in [0.05, 0.1) is 16.9 Å².